The molecule has 0 aliphatic carbocycles. The Hall–Kier alpha value is -2.49. The molecule has 1 heterocycles. The van der Waals surface area contributed by atoms with Crippen LogP contribution in [0.4, 0.5) is 11.6 Å². The fourth-order valence-corrected chi connectivity index (χ4v) is 2.12. The molecule has 19 heavy (non-hydrogen) atoms. The smallest absolute Gasteiger partial charge is 0.201 e. The standard InChI is InChI=1S/C15H16N4/c1-10-3-2-4-11(7-10)9-17-15-18-13-6-5-12(16)8-14(13)19-15/h2-8H,9,16H2,1H3,(H2,17,18,19). The SMILES string of the molecule is Cc1cccc(CNc2nc3ccc(N)cc3[nH]2)c1. The highest BCUT2D eigenvalue weighted by atomic mass is 15.1. The number of nitrogen functional groups attached to an aromatic ring is 1. The van der Waals surface area contributed by atoms with Gasteiger partial charge in [-0.25, -0.2) is 4.98 Å². The molecule has 3 rings (SSSR count). The number of nitrogens with zero attached hydrogens (tertiary/aromatic N) is 1. The van der Waals surface area contributed by atoms with Crippen LogP contribution in [0, 0.1) is 6.92 Å². The summed E-state index contributed by atoms with van der Waals surface area (Å²) in [5.41, 5.74) is 10.8. The van der Waals surface area contributed by atoms with Crippen molar-refractivity contribution in [2.45, 2.75) is 13.5 Å². The quantitative estimate of drug-likeness (QED) is 0.627. The van der Waals surface area contributed by atoms with E-state index in [1.807, 2.05) is 18.2 Å². The van der Waals surface area contributed by atoms with Gasteiger partial charge in [0, 0.05) is 12.2 Å². The molecule has 3 aromatic rings. The summed E-state index contributed by atoms with van der Waals surface area (Å²) in [5.74, 6) is 0.766. The second-order valence-corrected chi connectivity index (χ2v) is 4.70. The van der Waals surface area contributed by atoms with Gasteiger partial charge in [-0.1, -0.05) is 29.8 Å². The van der Waals surface area contributed by atoms with Gasteiger partial charge in [-0.15, -0.1) is 0 Å². The van der Waals surface area contributed by atoms with Crippen molar-refractivity contribution in [3.05, 3.63) is 53.6 Å². The number of rotatable bonds is 3. The van der Waals surface area contributed by atoms with Gasteiger partial charge in [-0.05, 0) is 30.7 Å². The second kappa shape index (κ2) is 4.65. The maximum absolute atomic E-state index is 5.75. The zero-order chi connectivity index (χ0) is 13.2. The maximum atomic E-state index is 5.75. The molecule has 0 saturated heterocycles. The zero-order valence-electron chi connectivity index (χ0n) is 10.8. The molecule has 0 bridgehead atoms. The molecule has 0 aliphatic rings. The van der Waals surface area contributed by atoms with Crippen LogP contribution in [-0.2, 0) is 6.54 Å². The average molecular weight is 252 g/mol. The highest BCUT2D eigenvalue weighted by Crippen LogP contribution is 2.17. The van der Waals surface area contributed by atoms with Gasteiger partial charge in [-0.2, -0.15) is 0 Å². The number of nitrogens with two attached hydrogens (primary N) is 1. The van der Waals surface area contributed by atoms with Gasteiger partial charge in [0.2, 0.25) is 5.95 Å². The number of H-pyrrole nitrogens is 1. The van der Waals surface area contributed by atoms with Crippen molar-refractivity contribution in [1.29, 1.82) is 0 Å². The van der Waals surface area contributed by atoms with Gasteiger partial charge in [-0.3, -0.25) is 0 Å². The lowest BCUT2D eigenvalue weighted by Gasteiger charge is -2.03. The fraction of sp³-hybridized carbons (Fsp3) is 0.133. The molecule has 2 aromatic carbocycles. The molecule has 4 heteroatoms. The number of fused-ring (bicyclic) bond motifs is 1. The van der Waals surface area contributed by atoms with Crippen molar-refractivity contribution in [3.8, 4) is 0 Å². The Balaban J connectivity index is 1.78. The Bertz CT molecular complexity index is 715. The van der Waals surface area contributed by atoms with Crippen molar-refractivity contribution >= 4 is 22.7 Å². The van der Waals surface area contributed by atoms with Crippen LogP contribution in [0.15, 0.2) is 42.5 Å². The van der Waals surface area contributed by atoms with E-state index in [4.69, 9.17) is 5.73 Å². The number of hydrogen-bond acceptors (Lipinski definition) is 3. The molecule has 1 aromatic heterocycles. The van der Waals surface area contributed by atoms with Crippen molar-refractivity contribution in [2.75, 3.05) is 11.1 Å². The van der Waals surface area contributed by atoms with Crippen LogP contribution in [0.3, 0.4) is 0 Å². The molecule has 0 amide bonds. The van der Waals surface area contributed by atoms with E-state index in [-0.39, 0.29) is 0 Å². The minimum absolute atomic E-state index is 0.737. The van der Waals surface area contributed by atoms with Crippen molar-refractivity contribution < 1.29 is 0 Å². The molecule has 0 unspecified atom stereocenters. The topological polar surface area (TPSA) is 66.7 Å². The van der Waals surface area contributed by atoms with Crippen LogP contribution in [-0.4, -0.2) is 9.97 Å². The molecule has 0 radical (unpaired) electrons. The van der Waals surface area contributed by atoms with E-state index >= 15 is 0 Å². The van der Waals surface area contributed by atoms with E-state index < -0.39 is 0 Å². The van der Waals surface area contributed by atoms with E-state index in [9.17, 15) is 0 Å². The molecule has 4 N–H and O–H groups in total. The maximum Gasteiger partial charge on any atom is 0.201 e. The summed E-state index contributed by atoms with van der Waals surface area (Å²) in [5, 5.41) is 3.29. The molecular formula is C15H16N4. The number of nitrogens with one attached hydrogen (secondary N) is 2. The van der Waals surface area contributed by atoms with E-state index in [0.29, 0.717) is 0 Å². The van der Waals surface area contributed by atoms with Crippen LogP contribution in [0.1, 0.15) is 11.1 Å². The third-order valence-electron chi connectivity index (χ3n) is 3.05. The van der Waals surface area contributed by atoms with Gasteiger partial charge in [0.15, 0.2) is 0 Å². The Kier molecular flexibility index (Phi) is 2.83. The summed E-state index contributed by atoms with van der Waals surface area (Å²) in [6, 6.07) is 14.1. The lowest BCUT2D eigenvalue weighted by Crippen LogP contribution is -2.00. The molecule has 0 aliphatic heterocycles. The first-order valence-electron chi connectivity index (χ1n) is 6.25. The highest BCUT2D eigenvalue weighted by Gasteiger charge is 2.02. The summed E-state index contributed by atoms with van der Waals surface area (Å²) in [6.45, 7) is 2.84. The normalized spacial score (nSPS) is 10.8. The molecule has 0 atom stereocenters. The van der Waals surface area contributed by atoms with E-state index in [0.717, 1.165) is 29.2 Å². The Morgan fingerprint density at radius 2 is 2.11 bits per heavy atom. The predicted molar refractivity (Wildman–Crippen MR) is 79.0 cm³/mol. The second-order valence-electron chi connectivity index (χ2n) is 4.70. The molecule has 96 valence electrons. The largest absolute Gasteiger partial charge is 0.399 e. The summed E-state index contributed by atoms with van der Waals surface area (Å²) in [6.07, 6.45) is 0. The molecular weight excluding hydrogens is 236 g/mol. The molecule has 0 fully saturated rings. The Morgan fingerprint density at radius 1 is 1.21 bits per heavy atom. The molecule has 4 nitrogen and oxygen atoms in total. The third kappa shape index (κ3) is 2.52. The Labute approximate surface area is 111 Å². The summed E-state index contributed by atoms with van der Waals surface area (Å²) >= 11 is 0. The van der Waals surface area contributed by atoms with Crippen LogP contribution < -0.4 is 11.1 Å². The number of anilines is 2. The van der Waals surface area contributed by atoms with Crippen LogP contribution in [0.25, 0.3) is 11.0 Å². The van der Waals surface area contributed by atoms with Gasteiger partial charge in [0.05, 0.1) is 11.0 Å². The number of aryl methyl sites for hydroxylation is 1. The summed E-state index contributed by atoms with van der Waals surface area (Å²) < 4.78 is 0. The van der Waals surface area contributed by atoms with Crippen LogP contribution in [0.2, 0.25) is 0 Å². The monoisotopic (exact) mass is 252 g/mol. The summed E-state index contributed by atoms with van der Waals surface area (Å²) in [7, 11) is 0. The van der Waals surface area contributed by atoms with Crippen molar-refractivity contribution in [1.82, 2.24) is 9.97 Å². The predicted octanol–water partition coefficient (Wildman–Crippen LogP) is 3.07. The minimum atomic E-state index is 0.737. The van der Waals surface area contributed by atoms with E-state index in [1.165, 1.54) is 11.1 Å². The minimum Gasteiger partial charge on any atom is -0.399 e. The first kappa shape index (κ1) is 11.6. The number of imidazole rings is 1. The Morgan fingerprint density at radius 3 is 2.95 bits per heavy atom. The first-order valence-corrected chi connectivity index (χ1v) is 6.25. The fourth-order valence-electron chi connectivity index (χ4n) is 2.12. The van der Waals surface area contributed by atoms with E-state index in [1.54, 1.807) is 0 Å². The van der Waals surface area contributed by atoms with Gasteiger partial charge in [0.1, 0.15) is 0 Å². The van der Waals surface area contributed by atoms with Crippen LogP contribution >= 0.6 is 0 Å². The molecule has 0 spiro atoms. The van der Waals surface area contributed by atoms with Gasteiger partial charge in [0.25, 0.3) is 0 Å². The lowest BCUT2D eigenvalue weighted by molar-refractivity contribution is 1.09. The lowest BCUT2D eigenvalue weighted by atomic mass is 10.1. The third-order valence-corrected chi connectivity index (χ3v) is 3.05. The van der Waals surface area contributed by atoms with Crippen LogP contribution in [0.5, 0.6) is 0 Å². The van der Waals surface area contributed by atoms with Crippen molar-refractivity contribution in [2.24, 2.45) is 0 Å². The zero-order valence-corrected chi connectivity index (χ0v) is 10.8. The average Bonchev–Trinajstić information content (AvgIpc) is 2.78. The van der Waals surface area contributed by atoms with Gasteiger partial charge >= 0.3 is 0 Å². The van der Waals surface area contributed by atoms with Crippen molar-refractivity contribution in [3.63, 3.8) is 0 Å². The number of hydrogen-bond donors (Lipinski definition) is 3. The molecule has 0 saturated carbocycles. The number of aromatic nitrogens is 2. The number of benzene rings is 2. The number of aromatic amines is 1. The summed E-state index contributed by atoms with van der Waals surface area (Å²) in [4.78, 5) is 7.69. The van der Waals surface area contributed by atoms with E-state index in [2.05, 4.69) is 46.5 Å². The highest BCUT2D eigenvalue weighted by molar-refractivity contribution is 5.80. The first-order chi connectivity index (χ1) is 9.20. The van der Waals surface area contributed by atoms with Gasteiger partial charge < -0.3 is 16.0 Å².